The predicted molar refractivity (Wildman–Crippen MR) is 60.7 cm³/mol. The van der Waals surface area contributed by atoms with E-state index in [0.717, 1.165) is 18.4 Å². The number of halogens is 1. The Balaban J connectivity index is 2.34. The van der Waals surface area contributed by atoms with E-state index in [4.69, 9.17) is 5.73 Å². The third kappa shape index (κ3) is 1.72. The van der Waals surface area contributed by atoms with Gasteiger partial charge in [0.15, 0.2) is 0 Å². The van der Waals surface area contributed by atoms with Crippen molar-refractivity contribution in [1.29, 1.82) is 0 Å². The summed E-state index contributed by atoms with van der Waals surface area (Å²) in [6.45, 7) is 0.619. The molecule has 15 heavy (non-hydrogen) atoms. The second-order valence-electron chi connectivity index (χ2n) is 4.55. The standard InChI is InChI=1S/C12H17FN2/c1-15(2)11-4-3-9(7-10(11)13)12(8-14)5-6-12/h3-4,7H,5-6,8,14H2,1-2H3. The molecule has 0 radical (unpaired) electrons. The molecule has 2 rings (SSSR count). The van der Waals surface area contributed by atoms with Gasteiger partial charge in [0.25, 0.3) is 0 Å². The third-order valence-corrected chi connectivity index (χ3v) is 3.29. The molecule has 1 aliphatic rings. The van der Waals surface area contributed by atoms with Crippen molar-refractivity contribution in [2.24, 2.45) is 5.73 Å². The zero-order valence-electron chi connectivity index (χ0n) is 9.26. The minimum absolute atomic E-state index is 0.0751. The summed E-state index contributed by atoms with van der Waals surface area (Å²) in [5.41, 5.74) is 7.47. The van der Waals surface area contributed by atoms with Crippen LogP contribution in [-0.4, -0.2) is 20.6 Å². The number of nitrogens with two attached hydrogens (primary N) is 1. The van der Waals surface area contributed by atoms with Gasteiger partial charge in [0.05, 0.1) is 5.69 Å². The van der Waals surface area contributed by atoms with Gasteiger partial charge in [-0.2, -0.15) is 0 Å². The maximum absolute atomic E-state index is 13.7. The van der Waals surface area contributed by atoms with E-state index in [9.17, 15) is 4.39 Å². The molecule has 0 amide bonds. The molecular weight excluding hydrogens is 191 g/mol. The first-order valence-corrected chi connectivity index (χ1v) is 5.26. The first-order valence-electron chi connectivity index (χ1n) is 5.26. The van der Waals surface area contributed by atoms with Gasteiger partial charge in [0.2, 0.25) is 0 Å². The van der Waals surface area contributed by atoms with Crippen LogP contribution in [0.5, 0.6) is 0 Å². The van der Waals surface area contributed by atoms with Crippen LogP contribution in [0.15, 0.2) is 18.2 Å². The minimum atomic E-state index is -0.155. The average molecular weight is 208 g/mol. The van der Waals surface area contributed by atoms with E-state index in [-0.39, 0.29) is 11.2 Å². The summed E-state index contributed by atoms with van der Waals surface area (Å²) in [7, 11) is 3.68. The van der Waals surface area contributed by atoms with Crippen molar-refractivity contribution in [3.05, 3.63) is 29.6 Å². The van der Waals surface area contributed by atoms with Gasteiger partial charge in [-0.1, -0.05) is 6.07 Å². The number of rotatable bonds is 3. The third-order valence-electron chi connectivity index (χ3n) is 3.29. The molecule has 82 valence electrons. The quantitative estimate of drug-likeness (QED) is 0.821. The summed E-state index contributed by atoms with van der Waals surface area (Å²) >= 11 is 0. The fraction of sp³-hybridized carbons (Fsp3) is 0.500. The van der Waals surface area contributed by atoms with Crippen molar-refractivity contribution in [1.82, 2.24) is 0 Å². The van der Waals surface area contributed by atoms with Gasteiger partial charge in [0.1, 0.15) is 5.82 Å². The Kier molecular flexibility index (Phi) is 2.43. The molecule has 1 aliphatic carbocycles. The molecule has 0 heterocycles. The lowest BCUT2D eigenvalue weighted by atomic mass is 9.96. The van der Waals surface area contributed by atoms with Crippen molar-refractivity contribution in [2.45, 2.75) is 18.3 Å². The molecule has 1 aromatic rings. The zero-order valence-corrected chi connectivity index (χ0v) is 9.26. The van der Waals surface area contributed by atoms with Crippen molar-refractivity contribution in [2.75, 3.05) is 25.5 Å². The molecule has 0 spiro atoms. The van der Waals surface area contributed by atoms with Gasteiger partial charge in [-0.3, -0.25) is 0 Å². The molecule has 1 saturated carbocycles. The molecule has 0 unspecified atom stereocenters. The van der Waals surface area contributed by atoms with Crippen molar-refractivity contribution in [3.63, 3.8) is 0 Å². The van der Waals surface area contributed by atoms with E-state index in [0.29, 0.717) is 12.2 Å². The second kappa shape index (κ2) is 3.49. The molecule has 2 N–H and O–H groups in total. The number of hydrogen-bond donors (Lipinski definition) is 1. The second-order valence-corrected chi connectivity index (χ2v) is 4.55. The minimum Gasteiger partial charge on any atom is -0.375 e. The Hall–Kier alpha value is -1.09. The Labute approximate surface area is 89.9 Å². The number of nitrogens with zero attached hydrogens (tertiary/aromatic N) is 1. The van der Waals surface area contributed by atoms with Gasteiger partial charge < -0.3 is 10.6 Å². The maximum Gasteiger partial charge on any atom is 0.146 e. The Morgan fingerprint density at radius 1 is 1.40 bits per heavy atom. The number of benzene rings is 1. The highest BCUT2D eigenvalue weighted by Crippen LogP contribution is 2.47. The van der Waals surface area contributed by atoms with Crippen LogP contribution in [-0.2, 0) is 5.41 Å². The van der Waals surface area contributed by atoms with Crippen LogP contribution >= 0.6 is 0 Å². The van der Waals surface area contributed by atoms with Crippen LogP contribution < -0.4 is 10.6 Å². The molecular formula is C12H17FN2. The molecule has 0 aliphatic heterocycles. The van der Waals surface area contributed by atoms with Crippen LogP contribution in [0.4, 0.5) is 10.1 Å². The summed E-state index contributed by atoms with van der Waals surface area (Å²) in [4.78, 5) is 1.78. The molecule has 0 saturated heterocycles. The van der Waals surface area contributed by atoms with Crippen molar-refractivity contribution >= 4 is 5.69 Å². The predicted octanol–water partition coefficient (Wildman–Crippen LogP) is 1.88. The zero-order chi connectivity index (χ0) is 11.1. The topological polar surface area (TPSA) is 29.3 Å². The fourth-order valence-corrected chi connectivity index (χ4v) is 1.96. The Bertz CT molecular complexity index is 370. The Morgan fingerprint density at radius 3 is 2.47 bits per heavy atom. The highest BCUT2D eigenvalue weighted by atomic mass is 19.1. The highest BCUT2D eigenvalue weighted by molar-refractivity contribution is 5.50. The molecule has 0 atom stereocenters. The number of hydrogen-bond acceptors (Lipinski definition) is 2. The summed E-state index contributed by atoms with van der Waals surface area (Å²) in [6, 6.07) is 5.47. The van der Waals surface area contributed by atoms with Crippen LogP contribution in [0, 0.1) is 5.82 Å². The SMILES string of the molecule is CN(C)c1ccc(C2(CN)CC2)cc1F. The lowest BCUT2D eigenvalue weighted by Crippen LogP contribution is -2.20. The summed E-state index contributed by atoms with van der Waals surface area (Å²) in [5, 5.41) is 0. The molecule has 1 fully saturated rings. The molecule has 0 bridgehead atoms. The van der Waals surface area contributed by atoms with Gasteiger partial charge in [-0.15, -0.1) is 0 Å². The van der Waals surface area contributed by atoms with Crippen LogP contribution in [0.2, 0.25) is 0 Å². The first kappa shape index (κ1) is 10.4. The van der Waals surface area contributed by atoms with E-state index < -0.39 is 0 Å². The number of anilines is 1. The van der Waals surface area contributed by atoms with Crippen molar-refractivity contribution < 1.29 is 4.39 Å². The van der Waals surface area contributed by atoms with Crippen molar-refractivity contribution in [3.8, 4) is 0 Å². The van der Waals surface area contributed by atoms with Gasteiger partial charge in [0, 0.05) is 26.1 Å². The molecule has 3 heteroatoms. The van der Waals surface area contributed by atoms with E-state index >= 15 is 0 Å². The van der Waals surface area contributed by atoms with Gasteiger partial charge in [-0.05, 0) is 30.5 Å². The molecule has 1 aromatic carbocycles. The average Bonchev–Trinajstić information content (AvgIpc) is 2.97. The highest BCUT2D eigenvalue weighted by Gasteiger charge is 2.43. The largest absolute Gasteiger partial charge is 0.375 e. The summed E-state index contributed by atoms with van der Waals surface area (Å²) in [6.07, 6.45) is 2.18. The molecule has 2 nitrogen and oxygen atoms in total. The Morgan fingerprint density at radius 2 is 2.07 bits per heavy atom. The normalized spacial score (nSPS) is 17.6. The van der Waals surface area contributed by atoms with Crippen LogP contribution in [0.3, 0.4) is 0 Å². The smallest absolute Gasteiger partial charge is 0.146 e. The van der Waals surface area contributed by atoms with E-state index in [1.165, 1.54) is 0 Å². The van der Waals surface area contributed by atoms with Gasteiger partial charge in [-0.25, -0.2) is 4.39 Å². The summed E-state index contributed by atoms with van der Waals surface area (Å²) < 4.78 is 13.7. The van der Waals surface area contributed by atoms with E-state index in [1.54, 1.807) is 11.0 Å². The van der Waals surface area contributed by atoms with Crippen LogP contribution in [0.1, 0.15) is 18.4 Å². The van der Waals surface area contributed by atoms with E-state index in [2.05, 4.69) is 0 Å². The first-order chi connectivity index (χ1) is 7.09. The monoisotopic (exact) mass is 208 g/mol. The lowest BCUT2D eigenvalue weighted by molar-refractivity contribution is 0.615. The van der Waals surface area contributed by atoms with Gasteiger partial charge >= 0.3 is 0 Å². The van der Waals surface area contributed by atoms with Crippen LogP contribution in [0.25, 0.3) is 0 Å². The molecule has 0 aromatic heterocycles. The fourth-order valence-electron chi connectivity index (χ4n) is 1.96. The summed E-state index contributed by atoms with van der Waals surface area (Å²) in [5.74, 6) is -0.155. The van der Waals surface area contributed by atoms with E-state index in [1.807, 2.05) is 26.2 Å². The lowest BCUT2D eigenvalue weighted by Gasteiger charge is -2.17. The maximum atomic E-state index is 13.7.